The molecule has 0 N–H and O–H groups in total. The first-order valence-electron chi connectivity index (χ1n) is 3.23. The molecule has 0 saturated carbocycles. The fourth-order valence-electron chi connectivity index (χ4n) is 0.720. The van der Waals surface area contributed by atoms with Gasteiger partial charge in [0.1, 0.15) is 0 Å². The van der Waals surface area contributed by atoms with Crippen LogP contribution in [-0.2, 0) is 4.79 Å². The minimum absolute atomic E-state index is 0.444. The first-order valence-corrected chi connectivity index (χ1v) is 3.23. The molecule has 1 rings (SSSR count). The standard InChI is InChI=1S/C9H5NO2/c11-5-1-2-8-6-10-4-3-9(8)7-12/h3-7H. The summed E-state index contributed by atoms with van der Waals surface area (Å²) in [4.78, 5) is 24.1. The Morgan fingerprint density at radius 1 is 1.42 bits per heavy atom. The zero-order chi connectivity index (χ0) is 8.81. The summed E-state index contributed by atoms with van der Waals surface area (Å²) in [6.07, 6.45) is 4.09. The third-order valence-corrected chi connectivity index (χ3v) is 1.25. The molecular formula is C9H5NO2. The Balaban J connectivity index is 3.13. The number of carbonyl (C=O) groups is 2. The molecule has 0 spiro atoms. The molecule has 0 saturated heterocycles. The van der Waals surface area contributed by atoms with Crippen molar-refractivity contribution in [2.45, 2.75) is 0 Å². The van der Waals surface area contributed by atoms with Crippen LogP contribution in [0.25, 0.3) is 0 Å². The SMILES string of the molecule is O=CC#Cc1cnccc1C=O. The second kappa shape index (κ2) is 4.04. The second-order valence-electron chi connectivity index (χ2n) is 1.97. The first kappa shape index (κ1) is 8.15. The normalized spacial score (nSPS) is 8.00. The molecule has 58 valence electrons. The maximum absolute atomic E-state index is 10.4. The van der Waals surface area contributed by atoms with Crippen molar-refractivity contribution in [3.05, 3.63) is 29.6 Å². The van der Waals surface area contributed by atoms with Crippen molar-refractivity contribution < 1.29 is 9.59 Å². The molecule has 0 amide bonds. The Morgan fingerprint density at radius 3 is 2.92 bits per heavy atom. The molecule has 0 aliphatic carbocycles. The van der Waals surface area contributed by atoms with Crippen LogP contribution < -0.4 is 0 Å². The number of rotatable bonds is 1. The zero-order valence-corrected chi connectivity index (χ0v) is 6.15. The topological polar surface area (TPSA) is 47.0 Å². The smallest absolute Gasteiger partial charge is 0.193 e. The number of hydrogen-bond donors (Lipinski definition) is 0. The maximum atomic E-state index is 10.4. The molecule has 0 aliphatic rings. The number of nitrogens with zero attached hydrogens (tertiary/aromatic N) is 1. The molecular weight excluding hydrogens is 154 g/mol. The maximum Gasteiger partial charge on any atom is 0.193 e. The summed E-state index contributed by atoms with van der Waals surface area (Å²) >= 11 is 0. The molecule has 0 atom stereocenters. The van der Waals surface area contributed by atoms with Crippen molar-refractivity contribution in [1.29, 1.82) is 0 Å². The van der Waals surface area contributed by atoms with E-state index in [0.29, 0.717) is 23.7 Å². The van der Waals surface area contributed by atoms with Crippen LogP contribution in [0.1, 0.15) is 15.9 Å². The summed E-state index contributed by atoms with van der Waals surface area (Å²) < 4.78 is 0. The molecule has 1 aromatic heterocycles. The summed E-state index contributed by atoms with van der Waals surface area (Å²) in [5, 5.41) is 0. The average molecular weight is 159 g/mol. The largest absolute Gasteiger partial charge is 0.298 e. The minimum Gasteiger partial charge on any atom is -0.298 e. The lowest BCUT2D eigenvalue weighted by atomic mass is 10.2. The van der Waals surface area contributed by atoms with E-state index >= 15 is 0 Å². The Morgan fingerprint density at radius 2 is 2.25 bits per heavy atom. The lowest BCUT2D eigenvalue weighted by molar-refractivity contribution is -0.103. The summed E-state index contributed by atoms with van der Waals surface area (Å²) in [7, 11) is 0. The van der Waals surface area contributed by atoms with Gasteiger partial charge >= 0.3 is 0 Å². The van der Waals surface area contributed by atoms with E-state index in [2.05, 4.69) is 16.8 Å². The van der Waals surface area contributed by atoms with Crippen LogP contribution in [-0.4, -0.2) is 17.6 Å². The summed E-state index contributed by atoms with van der Waals surface area (Å²) in [5.74, 6) is 4.71. The number of pyridine rings is 1. The van der Waals surface area contributed by atoms with Crippen molar-refractivity contribution in [1.82, 2.24) is 4.98 Å². The fraction of sp³-hybridized carbons (Fsp3) is 0. The highest BCUT2D eigenvalue weighted by Crippen LogP contribution is 2.00. The highest BCUT2D eigenvalue weighted by atomic mass is 16.1. The van der Waals surface area contributed by atoms with Crippen LogP contribution in [0.5, 0.6) is 0 Å². The Hall–Kier alpha value is -1.95. The van der Waals surface area contributed by atoms with E-state index in [0.717, 1.165) is 0 Å². The average Bonchev–Trinajstić information content (AvgIpc) is 2.15. The molecule has 3 nitrogen and oxygen atoms in total. The Labute approximate surface area is 69.4 Å². The minimum atomic E-state index is 0.444. The number of aldehydes is 2. The van der Waals surface area contributed by atoms with E-state index in [1.165, 1.54) is 12.4 Å². The van der Waals surface area contributed by atoms with Gasteiger partial charge in [0.05, 0.1) is 5.56 Å². The van der Waals surface area contributed by atoms with Gasteiger partial charge in [0.15, 0.2) is 12.6 Å². The van der Waals surface area contributed by atoms with Gasteiger partial charge in [-0.25, -0.2) is 0 Å². The summed E-state index contributed by atoms with van der Waals surface area (Å²) in [6.45, 7) is 0. The first-order chi connectivity index (χ1) is 5.88. The number of hydrogen-bond acceptors (Lipinski definition) is 3. The molecule has 1 aromatic rings. The van der Waals surface area contributed by atoms with E-state index in [9.17, 15) is 9.59 Å². The highest BCUT2D eigenvalue weighted by molar-refractivity contribution is 5.81. The molecule has 12 heavy (non-hydrogen) atoms. The fourth-order valence-corrected chi connectivity index (χ4v) is 0.720. The predicted molar refractivity (Wildman–Crippen MR) is 42.6 cm³/mol. The van der Waals surface area contributed by atoms with Crippen LogP contribution in [0, 0.1) is 11.8 Å². The van der Waals surface area contributed by atoms with Gasteiger partial charge in [-0.15, -0.1) is 0 Å². The van der Waals surface area contributed by atoms with Crippen molar-refractivity contribution in [2.75, 3.05) is 0 Å². The van der Waals surface area contributed by atoms with E-state index in [1.807, 2.05) is 0 Å². The molecule has 0 unspecified atom stereocenters. The van der Waals surface area contributed by atoms with Crippen molar-refractivity contribution in [3.8, 4) is 11.8 Å². The molecule has 0 aromatic carbocycles. The summed E-state index contributed by atoms with van der Waals surface area (Å²) in [5.41, 5.74) is 0.916. The second-order valence-corrected chi connectivity index (χ2v) is 1.97. The van der Waals surface area contributed by atoms with E-state index in [-0.39, 0.29) is 0 Å². The predicted octanol–water partition coefficient (Wildman–Crippen LogP) is 0.445. The van der Waals surface area contributed by atoms with Gasteiger partial charge in [-0.05, 0) is 12.0 Å². The van der Waals surface area contributed by atoms with Crippen LogP contribution in [0.3, 0.4) is 0 Å². The molecule has 0 bridgehead atoms. The van der Waals surface area contributed by atoms with Crippen molar-refractivity contribution >= 4 is 12.6 Å². The monoisotopic (exact) mass is 159 g/mol. The van der Waals surface area contributed by atoms with Gasteiger partial charge in [0, 0.05) is 18.0 Å². The van der Waals surface area contributed by atoms with Gasteiger partial charge in [-0.2, -0.15) is 0 Å². The van der Waals surface area contributed by atoms with Crippen molar-refractivity contribution in [3.63, 3.8) is 0 Å². The number of carbonyl (C=O) groups excluding carboxylic acids is 2. The van der Waals surface area contributed by atoms with Gasteiger partial charge < -0.3 is 0 Å². The third kappa shape index (κ3) is 1.77. The highest BCUT2D eigenvalue weighted by Gasteiger charge is 1.95. The van der Waals surface area contributed by atoms with Gasteiger partial charge in [-0.3, -0.25) is 14.6 Å². The van der Waals surface area contributed by atoms with E-state index in [1.54, 1.807) is 6.07 Å². The van der Waals surface area contributed by atoms with Crippen LogP contribution in [0.15, 0.2) is 18.5 Å². The van der Waals surface area contributed by atoms with Crippen molar-refractivity contribution in [2.24, 2.45) is 0 Å². The van der Waals surface area contributed by atoms with Crippen LogP contribution in [0.4, 0.5) is 0 Å². The van der Waals surface area contributed by atoms with E-state index < -0.39 is 0 Å². The van der Waals surface area contributed by atoms with Crippen LogP contribution >= 0.6 is 0 Å². The quantitative estimate of drug-likeness (QED) is 0.441. The molecule has 0 aliphatic heterocycles. The third-order valence-electron chi connectivity index (χ3n) is 1.25. The Kier molecular flexibility index (Phi) is 2.74. The van der Waals surface area contributed by atoms with Gasteiger partial charge in [0.2, 0.25) is 0 Å². The number of aromatic nitrogens is 1. The lowest BCUT2D eigenvalue weighted by Gasteiger charge is -1.91. The molecule has 0 radical (unpaired) electrons. The van der Waals surface area contributed by atoms with Gasteiger partial charge in [0.25, 0.3) is 0 Å². The lowest BCUT2D eigenvalue weighted by Crippen LogP contribution is -1.87. The molecule has 0 fully saturated rings. The van der Waals surface area contributed by atoms with Crippen LogP contribution in [0.2, 0.25) is 0 Å². The molecule has 1 heterocycles. The molecule has 3 heteroatoms. The van der Waals surface area contributed by atoms with Gasteiger partial charge in [-0.1, -0.05) is 5.92 Å². The zero-order valence-electron chi connectivity index (χ0n) is 6.15. The summed E-state index contributed by atoms with van der Waals surface area (Å²) in [6, 6.07) is 1.54. The Bertz CT molecular complexity index is 360. The van der Waals surface area contributed by atoms with E-state index in [4.69, 9.17) is 0 Å².